The third kappa shape index (κ3) is 9.92. The number of carbonyl (C=O) groups is 3. The Morgan fingerprint density at radius 2 is 1.40 bits per heavy atom. The second kappa shape index (κ2) is 16.4. The summed E-state index contributed by atoms with van der Waals surface area (Å²) >= 11 is 0. The molecule has 0 saturated heterocycles. The molecule has 0 fully saturated rings. The maximum absolute atomic E-state index is 12.6. The van der Waals surface area contributed by atoms with Crippen molar-refractivity contribution in [2.75, 3.05) is 33.5 Å². The molecule has 0 aliphatic heterocycles. The Hall–Kier alpha value is -4.63. The van der Waals surface area contributed by atoms with Crippen molar-refractivity contribution >= 4 is 18.4 Å². The first-order valence-electron chi connectivity index (χ1n) is 12.7. The van der Waals surface area contributed by atoms with E-state index in [2.05, 4.69) is 11.3 Å². The summed E-state index contributed by atoms with van der Waals surface area (Å²) in [6.45, 7) is 4.70. The van der Waals surface area contributed by atoms with Gasteiger partial charge in [-0.25, -0.2) is 9.59 Å². The van der Waals surface area contributed by atoms with E-state index >= 15 is 0 Å². The van der Waals surface area contributed by atoms with E-state index in [1.54, 1.807) is 43.5 Å². The fourth-order valence-corrected chi connectivity index (χ4v) is 3.52. The van der Waals surface area contributed by atoms with Gasteiger partial charge < -0.3 is 28.4 Å². The fraction of sp³-hybridized carbons (Fsp3) is 0.258. The molecule has 9 nitrogen and oxygen atoms in total. The second-order valence-electron chi connectivity index (χ2n) is 8.49. The number of unbranched alkanes of at least 4 members (excludes halogenated alkanes) is 1. The predicted octanol–water partition coefficient (Wildman–Crippen LogP) is 5.03. The fourth-order valence-electron chi connectivity index (χ4n) is 3.52. The maximum Gasteiger partial charge on any atom is 0.343 e. The van der Waals surface area contributed by atoms with Crippen molar-refractivity contribution in [1.82, 2.24) is 0 Å². The predicted molar refractivity (Wildman–Crippen MR) is 147 cm³/mol. The van der Waals surface area contributed by atoms with Crippen LogP contribution in [0.25, 0.3) is 11.1 Å². The zero-order valence-electron chi connectivity index (χ0n) is 22.3. The number of hydrogen-bond acceptors (Lipinski definition) is 9. The molecule has 210 valence electrons. The van der Waals surface area contributed by atoms with E-state index in [4.69, 9.17) is 23.7 Å². The smallest absolute Gasteiger partial charge is 0.343 e. The molecule has 3 aromatic carbocycles. The molecule has 0 N–H and O–H groups in total. The highest BCUT2D eigenvalue weighted by molar-refractivity contribution is 5.91. The van der Waals surface area contributed by atoms with Crippen LogP contribution in [-0.2, 0) is 23.8 Å². The van der Waals surface area contributed by atoms with E-state index in [-0.39, 0.29) is 13.2 Å². The molecule has 0 aromatic heterocycles. The molecule has 0 aliphatic carbocycles. The van der Waals surface area contributed by atoms with Crippen LogP contribution in [0.1, 0.15) is 23.2 Å². The zero-order valence-corrected chi connectivity index (χ0v) is 22.3. The van der Waals surface area contributed by atoms with E-state index in [0.717, 1.165) is 23.0 Å². The molecule has 3 aromatic rings. The second-order valence-corrected chi connectivity index (χ2v) is 8.49. The average Bonchev–Trinajstić information content (AvgIpc) is 2.99. The van der Waals surface area contributed by atoms with Gasteiger partial charge in [0.05, 0.1) is 25.9 Å². The van der Waals surface area contributed by atoms with Crippen LogP contribution in [-0.4, -0.2) is 58.1 Å². The minimum atomic E-state index is -0.665. The first kappa shape index (κ1) is 29.9. The van der Waals surface area contributed by atoms with Crippen molar-refractivity contribution in [3.63, 3.8) is 0 Å². The topological polar surface area (TPSA) is 107 Å². The Bertz CT molecular complexity index is 1220. The molecule has 1 unspecified atom stereocenters. The van der Waals surface area contributed by atoms with Gasteiger partial charge in [-0.1, -0.05) is 30.8 Å². The van der Waals surface area contributed by atoms with Gasteiger partial charge in [0.2, 0.25) is 0 Å². The van der Waals surface area contributed by atoms with E-state index < -0.39 is 18.0 Å². The lowest BCUT2D eigenvalue weighted by atomic mass is 10.1. The SMILES string of the molecule is C=CC(=O)OC(COCCCCOC=O)COc1ccc(C(=O)Oc2ccc(-c3ccc(OC)cc3)cc2)cc1. The van der Waals surface area contributed by atoms with Crippen molar-refractivity contribution in [3.05, 3.63) is 91.0 Å². The molecular weight excluding hydrogens is 516 g/mol. The molecule has 0 bridgehead atoms. The van der Waals surface area contributed by atoms with Crippen molar-refractivity contribution in [3.8, 4) is 28.4 Å². The van der Waals surface area contributed by atoms with Gasteiger partial charge in [-0.15, -0.1) is 0 Å². The standard InChI is InChI=1S/C31H32O9/c1-3-30(33)39-29(20-36-18-4-5-19-37-22-32)21-38-27-14-10-25(11-15-27)31(34)40-28-16-8-24(9-17-28)23-6-12-26(35-2)13-7-23/h3,6-17,22,29H,1,4-5,18-21H2,2H3. The molecule has 1 atom stereocenters. The third-order valence-corrected chi connectivity index (χ3v) is 5.64. The summed E-state index contributed by atoms with van der Waals surface area (Å²) in [5, 5.41) is 0. The Balaban J connectivity index is 1.48. The van der Waals surface area contributed by atoms with Crippen molar-refractivity contribution in [2.45, 2.75) is 18.9 Å². The van der Waals surface area contributed by atoms with Crippen LogP contribution in [0.3, 0.4) is 0 Å². The summed E-state index contributed by atoms with van der Waals surface area (Å²) in [7, 11) is 1.62. The monoisotopic (exact) mass is 548 g/mol. The van der Waals surface area contributed by atoms with Gasteiger partial charge in [0.1, 0.15) is 23.9 Å². The lowest BCUT2D eigenvalue weighted by Gasteiger charge is -2.18. The van der Waals surface area contributed by atoms with Gasteiger partial charge in [-0.3, -0.25) is 4.79 Å². The zero-order chi connectivity index (χ0) is 28.6. The van der Waals surface area contributed by atoms with Gasteiger partial charge in [0.25, 0.3) is 6.47 Å². The number of rotatable bonds is 17. The Kier molecular flexibility index (Phi) is 12.2. The number of esters is 2. The Labute approximate surface area is 233 Å². The molecule has 3 rings (SSSR count). The molecule has 9 heteroatoms. The first-order chi connectivity index (χ1) is 19.5. The van der Waals surface area contributed by atoms with Gasteiger partial charge in [-0.2, -0.15) is 0 Å². The normalized spacial score (nSPS) is 11.1. The van der Waals surface area contributed by atoms with Crippen molar-refractivity contribution in [1.29, 1.82) is 0 Å². The van der Waals surface area contributed by atoms with Crippen LogP contribution in [0, 0.1) is 0 Å². The van der Waals surface area contributed by atoms with E-state index in [0.29, 0.717) is 49.6 Å². The molecule has 0 saturated carbocycles. The maximum atomic E-state index is 12.6. The quantitative estimate of drug-likeness (QED) is 0.0755. The Morgan fingerprint density at radius 3 is 2.00 bits per heavy atom. The number of methoxy groups -OCH3 is 1. The summed E-state index contributed by atoms with van der Waals surface area (Å²) in [5.41, 5.74) is 2.35. The van der Waals surface area contributed by atoms with Crippen LogP contribution in [0.15, 0.2) is 85.5 Å². The minimum Gasteiger partial charge on any atom is -0.497 e. The molecule has 0 spiro atoms. The van der Waals surface area contributed by atoms with Crippen LogP contribution < -0.4 is 14.2 Å². The average molecular weight is 549 g/mol. The lowest BCUT2D eigenvalue weighted by Crippen LogP contribution is -2.29. The molecule has 0 heterocycles. The molecule has 0 aliphatic rings. The summed E-state index contributed by atoms with van der Waals surface area (Å²) in [6.07, 6.45) is 1.75. The summed E-state index contributed by atoms with van der Waals surface area (Å²) in [6, 6.07) is 21.3. The molecule has 0 amide bonds. The first-order valence-corrected chi connectivity index (χ1v) is 12.7. The van der Waals surface area contributed by atoms with Crippen LogP contribution >= 0.6 is 0 Å². The van der Waals surface area contributed by atoms with Gasteiger partial charge in [0, 0.05) is 12.7 Å². The van der Waals surface area contributed by atoms with Crippen LogP contribution in [0.2, 0.25) is 0 Å². The van der Waals surface area contributed by atoms with E-state index in [9.17, 15) is 14.4 Å². The van der Waals surface area contributed by atoms with Gasteiger partial charge >= 0.3 is 11.9 Å². The number of carbonyl (C=O) groups excluding carboxylic acids is 3. The largest absolute Gasteiger partial charge is 0.497 e. The van der Waals surface area contributed by atoms with Crippen LogP contribution in [0.5, 0.6) is 17.2 Å². The third-order valence-electron chi connectivity index (χ3n) is 5.64. The van der Waals surface area contributed by atoms with E-state index in [1.807, 2.05) is 36.4 Å². The van der Waals surface area contributed by atoms with Crippen molar-refractivity contribution < 1.29 is 42.8 Å². The highest BCUT2D eigenvalue weighted by Gasteiger charge is 2.15. The molecule has 40 heavy (non-hydrogen) atoms. The summed E-state index contributed by atoms with van der Waals surface area (Å²) in [4.78, 5) is 34.4. The van der Waals surface area contributed by atoms with Crippen LogP contribution in [0.4, 0.5) is 0 Å². The summed E-state index contributed by atoms with van der Waals surface area (Å²) in [5.74, 6) is 0.582. The molecular formula is C31H32O9. The van der Waals surface area contributed by atoms with E-state index in [1.165, 1.54) is 0 Å². The number of benzene rings is 3. The lowest BCUT2D eigenvalue weighted by molar-refractivity contribution is -0.148. The Morgan fingerprint density at radius 1 is 0.800 bits per heavy atom. The summed E-state index contributed by atoms with van der Waals surface area (Å²) < 4.78 is 31.9. The van der Waals surface area contributed by atoms with Crippen molar-refractivity contribution in [2.24, 2.45) is 0 Å². The number of hydrogen-bond donors (Lipinski definition) is 0. The van der Waals surface area contributed by atoms with Gasteiger partial charge in [0.15, 0.2) is 6.10 Å². The number of ether oxygens (including phenoxy) is 6. The highest BCUT2D eigenvalue weighted by atomic mass is 16.6. The minimum absolute atomic E-state index is 0.0399. The highest BCUT2D eigenvalue weighted by Crippen LogP contribution is 2.25. The molecule has 0 radical (unpaired) electrons. The van der Waals surface area contributed by atoms with Gasteiger partial charge in [-0.05, 0) is 72.5 Å².